The van der Waals surface area contributed by atoms with Gasteiger partial charge >= 0.3 is 5.97 Å². The third-order valence-corrected chi connectivity index (χ3v) is 5.14. The molecule has 1 atom stereocenters. The zero-order chi connectivity index (χ0) is 18.9. The minimum absolute atomic E-state index is 0.153. The Morgan fingerprint density at radius 1 is 1.25 bits per heavy atom. The molecular weight excluding hydrogens is 356 g/mol. The van der Waals surface area contributed by atoms with Crippen LogP contribution in [0.5, 0.6) is 0 Å². The van der Waals surface area contributed by atoms with Crippen molar-refractivity contribution in [3.05, 3.63) is 48.5 Å². The first kappa shape index (κ1) is 16.9. The van der Waals surface area contributed by atoms with E-state index in [0.717, 1.165) is 52.8 Å². The minimum Gasteiger partial charge on any atom is -0.464 e. The summed E-state index contributed by atoms with van der Waals surface area (Å²) in [4.78, 5) is 19.8. The number of rotatable bonds is 5. The van der Waals surface area contributed by atoms with Gasteiger partial charge in [0, 0.05) is 35.5 Å². The highest BCUT2D eigenvalue weighted by Crippen LogP contribution is 2.30. The Bertz CT molecular complexity index is 1140. The molecule has 1 saturated heterocycles. The maximum atomic E-state index is 12.0. The quantitative estimate of drug-likeness (QED) is 0.518. The largest absolute Gasteiger partial charge is 0.464 e. The highest BCUT2D eigenvalue weighted by Gasteiger charge is 2.23. The molecule has 1 aliphatic heterocycles. The SMILES string of the molecule is O=C(OCCc1cc2c(-c3cnn4ncccc34)ccnc2[nH]1)[C@@H]1CCCN1. The molecule has 0 amide bonds. The summed E-state index contributed by atoms with van der Waals surface area (Å²) in [5.41, 5.74) is 4.78. The van der Waals surface area contributed by atoms with Crippen LogP contribution in [0.2, 0.25) is 0 Å². The summed E-state index contributed by atoms with van der Waals surface area (Å²) in [6.07, 6.45) is 7.80. The van der Waals surface area contributed by atoms with E-state index in [2.05, 4.69) is 31.5 Å². The van der Waals surface area contributed by atoms with Crippen LogP contribution in [0.25, 0.3) is 27.7 Å². The van der Waals surface area contributed by atoms with Gasteiger partial charge < -0.3 is 15.0 Å². The lowest BCUT2D eigenvalue weighted by molar-refractivity contribution is -0.145. The Morgan fingerprint density at radius 2 is 2.21 bits per heavy atom. The van der Waals surface area contributed by atoms with Gasteiger partial charge in [-0.2, -0.15) is 14.8 Å². The number of esters is 1. The second kappa shape index (κ2) is 7.05. The molecule has 8 heteroatoms. The summed E-state index contributed by atoms with van der Waals surface area (Å²) < 4.78 is 7.04. The van der Waals surface area contributed by atoms with Crippen LogP contribution in [0.1, 0.15) is 18.5 Å². The molecule has 28 heavy (non-hydrogen) atoms. The second-order valence-corrected chi connectivity index (χ2v) is 6.94. The maximum Gasteiger partial charge on any atom is 0.323 e. The first-order chi connectivity index (χ1) is 13.8. The smallest absolute Gasteiger partial charge is 0.323 e. The van der Waals surface area contributed by atoms with Crippen molar-refractivity contribution in [2.45, 2.75) is 25.3 Å². The van der Waals surface area contributed by atoms with E-state index in [0.29, 0.717) is 13.0 Å². The lowest BCUT2D eigenvalue weighted by Crippen LogP contribution is -2.32. The van der Waals surface area contributed by atoms with Crippen molar-refractivity contribution >= 4 is 22.5 Å². The van der Waals surface area contributed by atoms with Gasteiger partial charge in [0.1, 0.15) is 11.7 Å². The van der Waals surface area contributed by atoms with Crippen LogP contribution in [0.3, 0.4) is 0 Å². The van der Waals surface area contributed by atoms with Gasteiger partial charge in [-0.15, -0.1) is 0 Å². The van der Waals surface area contributed by atoms with Crippen LogP contribution in [0.15, 0.2) is 42.9 Å². The van der Waals surface area contributed by atoms with Crippen LogP contribution < -0.4 is 5.32 Å². The third-order valence-electron chi connectivity index (χ3n) is 5.14. The molecule has 0 saturated carbocycles. The first-order valence-electron chi connectivity index (χ1n) is 9.45. The van der Waals surface area contributed by atoms with Crippen molar-refractivity contribution < 1.29 is 9.53 Å². The maximum absolute atomic E-state index is 12.0. The molecule has 0 bridgehead atoms. The summed E-state index contributed by atoms with van der Waals surface area (Å²) in [7, 11) is 0. The highest BCUT2D eigenvalue weighted by atomic mass is 16.5. The van der Waals surface area contributed by atoms with E-state index in [4.69, 9.17) is 4.74 Å². The van der Waals surface area contributed by atoms with Crippen molar-refractivity contribution in [1.82, 2.24) is 30.1 Å². The number of ether oxygens (including phenoxy) is 1. The van der Waals surface area contributed by atoms with Gasteiger partial charge in [0.15, 0.2) is 0 Å². The fraction of sp³-hybridized carbons (Fsp3) is 0.300. The minimum atomic E-state index is -0.161. The van der Waals surface area contributed by atoms with E-state index < -0.39 is 0 Å². The van der Waals surface area contributed by atoms with Gasteiger partial charge in [-0.1, -0.05) is 0 Å². The van der Waals surface area contributed by atoms with Crippen LogP contribution in [0.4, 0.5) is 0 Å². The van der Waals surface area contributed by atoms with Gasteiger partial charge in [-0.3, -0.25) is 4.79 Å². The fourth-order valence-corrected chi connectivity index (χ4v) is 3.74. The van der Waals surface area contributed by atoms with Crippen LogP contribution >= 0.6 is 0 Å². The van der Waals surface area contributed by atoms with Crippen molar-refractivity contribution in [3.8, 4) is 11.1 Å². The van der Waals surface area contributed by atoms with E-state index in [9.17, 15) is 4.79 Å². The molecule has 2 N–H and O–H groups in total. The average molecular weight is 376 g/mol. The van der Waals surface area contributed by atoms with E-state index in [1.807, 2.05) is 24.4 Å². The average Bonchev–Trinajstić information content (AvgIpc) is 3.46. The van der Waals surface area contributed by atoms with Crippen molar-refractivity contribution in [2.24, 2.45) is 0 Å². The van der Waals surface area contributed by atoms with Gasteiger partial charge in [-0.25, -0.2) is 4.98 Å². The second-order valence-electron chi connectivity index (χ2n) is 6.94. The Balaban J connectivity index is 1.38. The number of aromatic nitrogens is 5. The predicted octanol–water partition coefficient (Wildman–Crippen LogP) is 2.11. The number of hydrogen-bond donors (Lipinski definition) is 2. The lowest BCUT2D eigenvalue weighted by Gasteiger charge is -2.09. The van der Waals surface area contributed by atoms with Crippen molar-refractivity contribution in [3.63, 3.8) is 0 Å². The molecule has 5 heterocycles. The number of nitrogens with zero attached hydrogens (tertiary/aromatic N) is 4. The number of H-pyrrole nitrogens is 1. The van der Waals surface area contributed by atoms with Crippen molar-refractivity contribution in [1.29, 1.82) is 0 Å². The zero-order valence-corrected chi connectivity index (χ0v) is 15.3. The van der Waals surface area contributed by atoms with E-state index in [-0.39, 0.29) is 12.0 Å². The Morgan fingerprint density at radius 3 is 3.11 bits per heavy atom. The highest BCUT2D eigenvalue weighted by molar-refractivity contribution is 5.97. The van der Waals surface area contributed by atoms with E-state index in [1.54, 1.807) is 17.0 Å². The first-order valence-corrected chi connectivity index (χ1v) is 9.45. The summed E-state index contributed by atoms with van der Waals surface area (Å²) in [6, 6.07) is 7.79. The van der Waals surface area contributed by atoms with E-state index >= 15 is 0 Å². The molecular formula is C20H20N6O2. The zero-order valence-electron chi connectivity index (χ0n) is 15.3. The molecule has 0 radical (unpaired) electrons. The van der Waals surface area contributed by atoms with Crippen molar-refractivity contribution in [2.75, 3.05) is 13.2 Å². The molecule has 0 aliphatic carbocycles. The predicted molar refractivity (Wildman–Crippen MR) is 104 cm³/mol. The number of fused-ring (bicyclic) bond motifs is 2. The third kappa shape index (κ3) is 3.01. The number of pyridine rings is 1. The Kier molecular flexibility index (Phi) is 4.25. The van der Waals surface area contributed by atoms with E-state index in [1.165, 1.54) is 0 Å². The Hall–Kier alpha value is -3.26. The van der Waals surface area contributed by atoms with Gasteiger partial charge in [0.25, 0.3) is 0 Å². The number of hydrogen-bond acceptors (Lipinski definition) is 6. The van der Waals surface area contributed by atoms with Crippen LogP contribution in [-0.2, 0) is 16.0 Å². The standard InChI is InChI=1S/C20H20N6O2/c27-20(17-3-1-7-21-17)28-10-6-13-11-15-14(5-9-22-19(15)25-13)16-12-24-26-18(16)4-2-8-23-26/h2,4-5,8-9,11-12,17,21H,1,3,6-7,10H2,(H,22,25)/t17-/m0/s1. The monoisotopic (exact) mass is 376 g/mol. The molecule has 0 spiro atoms. The van der Waals surface area contributed by atoms with Crippen LogP contribution in [-0.4, -0.2) is 50.0 Å². The van der Waals surface area contributed by atoms with Crippen LogP contribution in [0, 0.1) is 0 Å². The number of nitrogens with one attached hydrogen (secondary N) is 2. The number of carbonyl (C=O) groups excluding carboxylic acids is 1. The molecule has 5 rings (SSSR count). The van der Waals surface area contributed by atoms with Gasteiger partial charge in [0.05, 0.1) is 18.3 Å². The lowest BCUT2D eigenvalue weighted by atomic mass is 10.1. The number of aromatic amines is 1. The molecule has 142 valence electrons. The van der Waals surface area contributed by atoms with Gasteiger partial charge in [0.2, 0.25) is 0 Å². The number of carbonyl (C=O) groups is 1. The molecule has 1 aliphatic rings. The molecule has 4 aromatic heterocycles. The molecule has 0 unspecified atom stereocenters. The summed E-state index contributed by atoms with van der Waals surface area (Å²) in [6.45, 7) is 1.23. The topological polar surface area (TPSA) is 97.2 Å². The molecule has 8 nitrogen and oxygen atoms in total. The molecule has 0 aromatic carbocycles. The van der Waals surface area contributed by atoms with Gasteiger partial charge in [-0.05, 0) is 49.2 Å². The normalized spacial score (nSPS) is 16.8. The molecule has 4 aromatic rings. The summed E-state index contributed by atoms with van der Waals surface area (Å²) >= 11 is 0. The summed E-state index contributed by atoms with van der Waals surface area (Å²) in [5.74, 6) is -0.161. The Labute approximate surface area is 160 Å². The summed E-state index contributed by atoms with van der Waals surface area (Å²) in [5, 5.41) is 12.7. The fourth-order valence-electron chi connectivity index (χ4n) is 3.74. The molecule has 1 fully saturated rings.